The smallest absolute Gasteiger partial charge is 0.145 e. The molecule has 1 N–H and O–H groups in total. The summed E-state index contributed by atoms with van der Waals surface area (Å²) in [5.41, 5.74) is 2.03. The van der Waals surface area contributed by atoms with Crippen LogP contribution < -0.4 is 4.74 Å². The quantitative estimate of drug-likeness (QED) is 0.254. The molecule has 184 valence electrons. The molecule has 0 amide bonds. The van der Waals surface area contributed by atoms with Crippen molar-refractivity contribution < 1.29 is 14.3 Å². The highest BCUT2D eigenvalue weighted by atomic mass is 35.5. The lowest BCUT2D eigenvalue weighted by molar-refractivity contribution is 0.0599. The van der Waals surface area contributed by atoms with Crippen LogP contribution in [-0.2, 0) is 6.42 Å². The van der Waals surface area contributed by atoms with Crippen LogP contribution in [-0.4, -0.2) is 42.4 Å². The molecule has 4 nitrogen and oxygen atoms in total. The van der Waals surface area contributed by atoms with Crippen LogP contribution >= 0.6 is 34.5 Å². The second kappa shape index (κ2) is 10.9. The Kier molecular flexibility index (Phi) is 7.71. The Hall–Kier alpha value is -2.02. The average molecular weight is 531 g/mol. The molecule has 0 bridgehead atoms. The van der Waals surface area contributed by atoms with Gasteiger partial charge in [-0.1, -0.05) is 42.3 Å². The SMILES string of the molecule is CCc1ccc(-c2cc3c(OC[C@@H](O)CN4CCC(c5ccc(Cl)c(Cl)c5)CC4)cccc3o2)s1. The van der Waals surface area contributed by atoms with E-state index in [9.17, 15) is 5.11 Å². The fourth-order valence-corrected chi connectivity index (χ4v) is 5.94. The van der Waals surface area contributed by atoms with Crippen molar-refractivity contribution >= 4 is 45.5 Å². The molecular formula is C28H29Cl2NO3S. The fraction of sp³-hybridized carbons (Fsp3) is 0.357. The average Bonchev–Trinajstić information content (AvgIpc) is 3.52. The Morgan fingerprint density at radius 2 is 1.91 bits per heavy atom. The molecule has 35 heavy (non-hydrogen) atoms. The van der Waals surface area contributed by atoms with Gasteiger partial charge in [0.1, 0.15) is 29.8 Å². The van der Waals surface area contributed by atoms with E-state index >= 15 is 0 Å². The minimum atomic E-state index is -0.567. The number of benzene rings is 2. The molecule has 0 aliphatic carbocycles. The summed E-state index contributed by atoms with van der Waals surface area (Å²) in [6.45, 7) is 4.86. The van der Waals surface area contributed by atoms with Crippen molar-refractivity contribution in [2.75, 3.05) is 26.2 Å². The number of piperidine rings is 1. The van der Waals surface area contributed by atoms with E-state index in [0.29, 0.717) is 22.5 Å². The zero-order chi connectivity index (χ0) is 24.4. The zero-order valence-corrected chi connectivity index (χ0v) is 22.0. The Balaban J connectivity index is 1.16. The van der Waals surface area contributed by atoms with Crippen molar-refractivity contribution in [1.29, 1.82) is 0 Å². The van der Waals surface area contributed by atoms with E-state index in [1.165, 1.54) is 10.4 Å². The van der Waals surface area contributed by atoms with E-state index in [2.05, 4.69) is 30.0 Å². The van der Waals surface area contributed by atoms with Crippen LogP contribution in [0.15, 0.2) is 59.0 Å². The predicted molar refractivity (Wildman–Crippen MR) is 145 cm³/mol. The summed E-state index contributed by atoms with van der Waals surface area (Å²) < 4.78 is 12.1. The van der Waals surface area contributed by atoms with Crippen LogP contribution in [0.5, 0.6) is 5.75 Å². The van der Waals surface area contributed by atoms with Gasteiger partial charge in [0.05, 0.1) is 20.3 Å². The zero-order valence-electron chi connectivity index (χ0n) is 19.7. The number of nitrogens with zero attached hydrogens (tertiary/aromatic N) is 1. The lowest BCUT2D eigenvalue weighted by Crippen LogP contribution is -2.40. The lowest BCUT2D eigenvalue weighted by Gasteiger charge is -2.33. The monoisotopic (exact) mass is 529 g/mol. The van der Waals surface area contributed by atoms with E-state index in [1.807, 2.05) is 36.4 Å². The number of aliphatic hydroxyl groups is 1. The number of ether oxygens (including phenoxy) is 1. The van der Waals surface area contributed by atoms with Gasteiger partial charge in [-0.05, 0) is 86.3 Å². The van der Waals surface area contributed by atoms with Gasteiger partial charge in [-0.3, -0.25) is 0 Å². The van der Waals surface area contributed by atoms with Gasteiger partial charge < -0.3 is 19.2 Å². The first-order valence-corrected chi connectivity index (χ1v) is 13.7. The van der Waals surface area contributed by atoms with Gasteiger partial charge in [0.25, 0.3) is 0 Å². The van der Waals surface area contributed by atoms with Crippen LogP contribution in [0.3, 0.4) is 0 Å². The summed E-state index contributed by atoms with van der Waals surface area (Å²) in [7, 11) is 0. The summed E-state index contributed by atoms with van der Waals surface area (Å²) in [6, 6.07) is 18.0. The normalized spacial score (nSPS) is 16.1. The third-order valence-electron chi connectivity index (χ3n) is 6.68. The molecule has 0 radical (unpaired) electrons. The Morgan fingerprint density at radius 3 is 2.66 bits per heavy atom. The summed E-state index contributed by atoms with van der Waals surface area (Å²) in [5.74, 6) is 2.06. The van der Waals surface area contributed by atoms with Gasteiger partial charge in [0.2, 0.25) is 0 Å². The molecule has 5 rings (SSSR count). The number of rotatable bonds is 8. The predicted octanol–water partition coefficient (Wildman–Crippen LogP) is 7.65. The third-order valence-corrected chi connectivity index (χ3v) is 8.66. The Labute approximate surface area is 220 Å². The molecule has 1 atom stereocenters. The molecular weight excluding hydrogens is 501 g/mol. The lowest BCUT2D eigenvalue weighted by atomic mass is 9.89. The third kappa shape index (κ3) is 5.71. The van der Waals surface area contributed by atoms with Crippen molar-refractivity contribution in [3.8, 4) is 16.4 Å². The first-order valence-electron chi connectivity index (χ1n) is 12.1. The number of furan rings is 1. The number of thiophene rings is 1. The van der Waals surface area contributed by atoms with Crippen molar-refractivity contribution in [2.24, 2.45) is 0 Å². The Morgan fingerprint density at radius 1 is 1.09 bits per heavy atom. The maximum absolute atomic E-state index is 10.7. The van der Waals surface area contributed by atoms with Crippen LogP contribution in [0.4, 0.5) is 0 Å². The standard InChI is InChI=1S/C28H29Cl2NO3S/c1-2-21-7-9-28(35-21)27-15-22-25(4-3-5-26(22)34-27)33-17-20(32)16-31-12-10-18(11-13-31)19-6-8-23(29)24(30)14-19/h3-9,14-15,18,20,32H,2,10-13,16-17H2,1H3/t20-/m0/s1. The number of β-amino-alcohol motifs (C(OH)–C–C–N with tert-alkyl or cyclic N) is 1. The van der Waals surface area contributed by atoms with Gasteiger partial charge in [0, 0.05) is 11.4 Å². The van der Waals surface area contributed by atoms with Crippen molar-refractivity contribution in [3.05, 3.63) is 75.1 Å². The van der Waals surface area contributed by atoms with Crippen LogP contribution in [0.1, 0.15) is 36.1 Å². The van der Waals surface area contributed by atoms with Crippen LogP contribution in [0.25, 0.3) is 21.6 Å². The van der Waals surface area contributed by atoms with Crippen molar-refractivity contribution in [2.45, 2.75) is 38.2 Å². The Bertz CT molecular complexity index is 1290. The van der Waals surface area contributed by atoms with E-state index < -0.39 is 6.10 Å². The fourth-order valence-electron chi connectivity index (χ4n) is 4.73. The van der Waals surface area contributed by atoms with E-state index in [1.54, 1.807) is 11.3 Å². The molecule has 1 fully saturated rings. The van der Waals surface area contributed by atoms with Gasteiger partial charge >= 0.3 is 0 Å². The van der Waals surface area contributed by atoms with E-state index in [0.717, 1.165) is 59.7 Å². The summed E-state index contributed by atoms with van der Waals surface area (Å²) >= 11 is 14.0. The van der Waals surface area contributed by atoms with Gasteiger partial charge in [-0.25, -0.2) is 0 Å². The summed E-state index contributed by atoms with van der Waals surface area (Å²) in [5, 5.41) is 12.8. The number of fused-ring (bicyclic) bond motifs is 1. The van der Waals surface area contributed by atoms with Gasteiger partial charge in [0.15, 0.2) is 0 Å². The first-order chi connectivity index (χ1) is 17.0. The number of aryl methyl sites for hydroxylation is 1. The van der Waals surface area contributed by atoms with Gasteiger partial charge in [-0.2, -0.15) is 0 Å². The number of hydrogen-bond donors (Lipinski definition) is 1. The topological polar surface area (TPSA) is 45.8 Å². The van der Waals surface area contributed by atoms with E-state index in [-0.39, 0.29) is 6.61 Å². The number of aliphatic hydroxyl groups excluding tert-OH is 1. The van der Waals surface area contributed by atoms with Crippen LogP contribution in [0, 0.1) is 0 Å². The highest BCUT2D eigenvalue weighted by Gasteiger charge is 2.23. The molecule has 7 heteroatoms. The largest absolute Gasteiger partial charge is 0.490 e. The second-order valence-corrected chi connectivity index (χ2v) is 11.1. The molecule has 0 spiro atoms. The minimum Gasteiger partial charge on any atom is -0.490 e. The molecule has 1 saturated heterocycles. The van der Waals surface area contributed by atoms with Crippen molar-refractivity contribution in [1.82, 2.24) is 4.90 Å². The first kappa shape index (κ1) is 24.7. The van der Waals surface area contributed by atoms with Crippen LogP contribution in [0.2, 0.25) is 10.0 Å². The molecule has 0 saturated carbocycles. The van der Waals surface area contributed by atoms with E-state index in [4.69, 9.17) is 32.4 Å². The number of hydrogen-bond acceptors (Lipinski definition) is 5. The minimum absolute atomic E-state index is 0.241. The maximum Gasteiger partial charge on any atom is 0.145 e. The summed E-state index contributed by atoms with van der Waals surface area (Å²) in [6.07, 6.45) is 2.52. The van der Waals surface area contributed by atoms with Crippen molar-refractivity contribution in [3.63, 3.8) is 0 Å². The second-order valence-electron chi connectivity index (χ2n) is 9.11. The molecule has 1 aliphatic rings. The number of halogens is 2. The summed E-state index contributed by atoms with van der Waals surface area (Å²) in [4.78, 5) is 4.76. The number of likely N-dealkylation sites (tertiary alicyclic amines) is 1. The molecule has 3 heterocycles. The highest BCUT2D eigenvalue weighted by molar-refractivity contribution is 7.15. The molecule has 1 aliphatic heterocycles. The highest BCUT2D eigenvalue weighted by Crippen LogP contribution is 2.37. The maximum atomic E-state index is 10.7. The molecule has 2 aromatic carbocycles. The molecule has 2 aromatic heterocycles. The van der Waals surface area contributed by atoms with Gasteiger partial charge in [-0.15, -0.1) is 11.3 Å². The molecule has 0 unspecified atom stereocenters. The molecule has 4 aromatic rings.